The monoisotopic (exact) mass is 414 g/mol. The first-order valence-electron chi connectivity index (χ1n) is 8.86. The van der Waals surface area contributed by atoms with Crippen LogP contribution < -0.4 is 10.0 Å². The molecule has 2 aromatic carbocycles. The van der Waals surface area contributed by atoms with Crippen molar-refractivity contribution in [2.75, 3.05) is 11.3 Å². The van der Waals surface area contributed by atoms with Crippen LogP contribution in [-0.4, -0.2) is 20.9 Å². The van der Waals surface area contributed by atoms with E-state index in [0.29, 0.717) is 17.8 Å². The molecule has 1 heterocycles. The van der Waals surface area contributed by atoms with Gasteiger partial charge in [-0.2, -0.15) is 0 Å². The van der Waals surface area contributed by atoms with E-state index in [2.05, 4.69) is 10.0 Å². The Morgan fingerprint density at radius 2 is 1.75 bits per heavy atom. The van der Waals surface area contributed by atoms with Gasteiger partial charge in [-0.05, 0) is 79.2 Å². The zero-order valence-corrected chi connectivity index (χ0v) is 17.4. The number of aryl methyl sites for hydroxylation is 2. The van der Waals surface area contributed by atoms with Gasteiger partial charge in [-0.15, -0.1) is 11.3 Å². The fourth-order valence-electron chi connectivity index (χ4n) is 2.66. The van der Waals surface area contributed by atoms with E-state index in [-0.39, 0.29) is 10.8 Å². The van der Waals surface area contributed by atoms with Crippen molar-refractivity contribution in [3.63, 3.8) is 0 Å². The molecular weight excluding hydrogens is 392 g/mol. The molecule has 2 N–H and O–H groups in total. The smallest absolute Gasteiger partial charge is 0.261 e. The highest BCUT2D eigenvalue weighted by atomic mass is 32.2. The molecular formula is C21H22N2O3S2. The van der Waals surface area contributed by atoms with Crippen LogP contribution in [0.4, 0.5) is 5.69 Å². The average Bonchev–Trinajstić information content (AvgIpc) is 3.18. The largest absolute Gasteiger partial charge is 0.352 e. The number of amides is 1. The zero-order valence-electron chi connectivity index (χ0n) is 15.7. The van der Waals surface area contributed by atoms with Crippen LogP contribution in [0.5, 0.6) is 0 Å². The minimum atomic E-state index is -3.71. The molecule has 0 radical (unpaired) electrons. The van der Waals surface area contributed by atoms with Crippen molar-refractivity contribution in [3.05, 3.63) is 81.5 Å². The molecule has 146 valence electrons. The van der Waals surface area contributed by atoms with Crippen LogP contribution in [0.3, 0.4) is 0 Å². The molecule has 0 atom stereocenters. The molecule has 0 fully saturated rings. The summed E-state index contributed by atoms with van der Waals surface area (Å²) in [5, 5.41) is 4.85. The van der Waals surface area contributed by atoms with E-state index in [1.165, 1.54) is 29.1 Å². The number of anilines is 1. The molecule has 0 aliphatic carbocycles. The summed E-state index contributed by atoms with van der Waals surface area (Å²) in [6.07, 6.45) is 0.774. The van der Waals surface area contributed by atoms with Gasteiger partial charge in [0.2, 0.25) is 0 Å². The van der Waals surface area contributed by atoms with Gasteiger partial charge in [0, 0.05) is 22.7 Å². The van der Waals surface area contributed by atoms with Crippen molar-refractivity contribution >= 4 is 33.0 Å². The van der Waals surface area contributed by atoms with Crippen LogP contribution in [0.1, 0.15) is 26.4 Å². The predicted molar refractivity (Wildman–Crippen MR) is 114 cm³/mol. The summed E-state index contributed by atoms with van der Waals surface area (Å²) < 4.78 is 27.7. The summed E-state index contributed by atoms with van der Waals surface area (Å²) in [4.78, 5) is 13.5. The molecule has 28 heavy (non-hydrogen) atoms. The number of benzene rings is 2. The normalized spacial score (nSPS) is 11.2. The lowest BCUT2D eigenvalue weighted by Gasteiger charge is -2.10. The topological polar surface area (TPSA) is 75.3 Å². The fraction of sp³-hybridized carbons (Fsp3) is 0.190. The van der Waals surface area contributed by atoms with E-state index in [1.54, 1.807) is 23.5 Å². The Morgan fingerprint density at radius 1 is 1.00 bits per heavy atom. The molecule has 5 nitrogen and oxygen atoms in total. The Hall–Kier alpha value is -2.64. The van der Waals surface area contributed by atoms with Gasteiger partial charge < -0.3 is 5.32 Å². The Balaban J connectivity index is 1.63. The summed E-state index contributed by atoms with van der Waals surface area (Å²) in [5.74, 6) is -0.220. The fourth-order valence-corrected chi connectivity index (χ4v) is 4.42. The SMILES string of the molecule is Cc1ccc(NS(=O)(=O)c2ccc(C(=O)NCCc3cccs3)cc2)cc1C. The molecule has 1 amide bonds. The second-order valence-electron chi connectivity index (χ2n) is 6.51. The molecule has 0 aliphatic rings. The maximum absolute atomic E-state index is 12.6. The predicted octanol–water partition coefficient (Wildman–Crippen LogP) is 4.14. The van der Waals surface area contributed by atoms with Gasteiger partial charge in [-0.3, -0.25) is 9.52 Å². The number of carbonyl (C=O) groups is 1. The zero-order chi connectivity index (χ0) is 20.1. The third-order valence-electron chi connectivity index (χ3n) is 4.42. The molecule has 0 aliphatic heterocycles. The van der Waals surface area contributed by atoms with E-state index >= 15 is 0 Å². The molecule has 1 aromatic heterocycles. The third-order valence-corrected chi connectivity index (χ3v) is 6.76. The Kier molecular flexibility index (Phi) is 6.16. The minimum absolute atomic E-state index is 0.112. The van der Waals surface area contributed by atoms with Crippen molar-refractivity contribution in [2.45, 2.75) is 25.2 Å². The van der Waals surface area contributed by atoms with E-state index in [4.69, 9.17) is 0 Å². The summed E-state index contributed by atoms with van der Waals surface area (Å²) in [6.45, 7) is 4.44. The minimum Gasteiger partial charge on any atom is -0.352 e. The quantitative estimate of drug-likeness (QED) is 0.610. The van der Waals surface area contributed by atoms with Gasteiger partial charge in [0.15, 0.2) is 0 Å². The molecule has 0 spiro atoms. The highest BCUT2D eigenvalue weighted by Crippen LogP contribution is 2.19. The number of sulfonamides is 1. The number of hydrogen-bond donors (Lipinski definition) is 2. The van der Waals surface area contributed by atoms with Gasteiger partial charge in [0.05, 0.1) is 4.90 Å². The summed E-state index contributed by atoms with van der Waals surface area (Å²) >= 11 is 1.65. The lowest BCUT2D eigenvalue weighted by molar-refractivity contribution is 0.0954. The van der Waals surface area contributed by atoms with Crippen LogP contribution in [-0.2, 0) is 16.4 Å². The molecule has 0 saturated heterocycles. The van der Waals surface area contributed by atoms with Crippen LogP contribution in [0, 0.1) is 13.8 Å². The van der Waals surface area contributed by atoms with Crippen molar-refractivity contribution < 1.29 is 13.2 Å². The van der Waals surface area contributed by atoms with Crippen LogP contribution in [0.15, 0.2) is 64.9 Å². The van der Waals surface area contributed by atoms with E-state index in [0.717, 1.165) is 17.5 Å². The second kappa shape index (κ2) is 8.58. The number of rotatable bonds is 7. The van der Waals surface area contributed by atoms with Crippen molar-refractivity contribution in [3.8, 4) is 0 Å². The highest BCUT2D eigenvalue weighted by molar-refractivity contribution is 7.92. The maximum Gasteiger partial charge on any atom is 0.261 e. The first-order valence-corrected chi connectivity index (χ1v) is 11.2. The number of nitrogens with one attached hydrogen (secondary N) is 2. The Morgan fingerprint density at radius 3 is 2.39 bits per heavy atom. The van der Waals surface area contributed by atoms with E-state index < -0.39 is 10.0 Å². The van der Waals surface area contributed by atoms with Gasteiger partial charge in [-0.25, -0.2) is 8.42 Å². The maximum atomic E-state index is 12.6. The lowest BCUT2D eigenvalue weighted by Crippen LogP contribution is -2.25. The molecule has 0 saturated carbocycles. The molecule has 3 rings (SSSR count). The van der Waals surface area contributed by atoms with E-state index in [9.17, 15) is 13.2 Å². The van der Waals surface area contributed by atoms with Crippen LogP contribution in [0.25, 0.3) is 0 Å². The van der Waals surface area contributed by atoms with Gasteiger partial charge >= 0.3 is 0 Å². The van der Waals surface area contributed by atoms with Crippen LogP contribution in [0.2, 0.25) is 0 Å². The number of hydrogen-bond acceptors (Lipinski definition) is 4. The second-order valence-corrected chi connectivity index (χ2v) is 9.23. The summed E-state index contributed by atoms with van der Waals surface area (Å²) in [5.41, 5.74) is 3.04. The van der Waals surface area contributed by atoms with Gasteiger partial charge in [0.25, 0.3) is 15.9 Å². The summed E-state index contributed by atoms with van der Waals surface area (Å²) in [7, 11) is -3.71. The summed E-state index contributed by atoms with van der Waals surface area (Å²) in [6, 6.07) is 15.3. The Bertz CT molecular complexity index is 1060. The van der Waals surface area contributed by atoms with Crippen LogP contribution >= 0.6 is 11.3 Å². The lowest BCUT2D eigenvalue weighted by atomic mass is 10.1. The molecule has 0 unspecified atom stereocenters. The first kappa shape index (κ1) is 20.1. The molecule has 3 aromatic rings. The van der Waals surface area contributed by atoms with Gasteiger partial charge in [-0.1, -0.05) is 12.1 Å². The van der Waals surface area contributed by atoms with E-state index in [1.807, 2.05) is 37.4 Å². The van der Waals surface area contributed by atoms with Crippen molar-refractivity contribution in [1.82, 2.24) is 5.32 Å². The standard InChI is InChI=1S/C21H22N2O3S2/c1-15-5-8-18(14-16(15)2)23-28(25,26)20-9-6-17(7-10-20)21(24)22-12-11-19-4-3-13-27-19/h3-10,13-14,23H,11-12H2,1-2H3,(H,22,24). The van der Waals surface area contributed by atoms with Crippen molar-refractivity contribution in [2.24, 2.45) is 0 Å². The number of carbonyl (C=O) groups excluding carboxylic acids is 1. The average molecular weight is 415 g/mol. The molecule has 0 bridgehead atoms. The third kappa shape index (κ3) is 4.99. The number of thiophene rings is 1. The highest BCUT2D eigenvalue weighted by Gasteiger charge is 2.15. The Labute approximate surface area is 169 Å². The first-order chi connectivity index (χ1) is 13.3. The molecule has 7 heteroatoms. The van der Waals surface area contributed by atoms with Crippen molar-refractivity contribution in [1.29, 1.82) is 0 Å². The van der Waals surface area contributed by atoms with Gasteiger partial charge in [0.1, 0.15) is 0 Å².